The summed E-state index contributed by atoms with van der Waals surface area (Å²) >= 11 is 0. The van der Waals surface area contributed by atoms with Gasteiger partial charge in [-0.25, -0.2) is 0 Å². The highest BCUT2D eigenvalue weighted by molar-refractivity contribution is 5.92. The first-order valence-corrected chi connectivity index (χ1v) is 6.42. The van der Waals surface area contributed by atoms with Crippen LogP contribution >= 0.6 is 0 Å². The monoisotopic (exact) mass is 286 g/mol. The van der Waals surface area contributed by atoms with Crippen molar-refractivity contribution in [3.63, 3.8) is 0 Å². The van der Waals surface area contributed by atoms with Crippen LogP contribution in [0, 0.1) is 6.92 Å². The number of carbonyl (C=O) groups is 1. The molecule has 108 valence electrons. The van der Waals surface area contributed by atoms with Crippen molar-refractivity contribution in [2.24, 2.45) is 7.05 Å². The first kappa shape index (κ1) is 13.2. The van der Waals surface area contributed by atoms with Crippen molar-refractivity contribution in [1.29, 1.82) is 0 Å². The minimum atomic E-state index is -0.294. The molecular formula is C14H14N4O3. The minimum absolute atomic E-state index is 0.259. The van der Waals surface area contributed by atoms with E-state index in [0.29, 0.717) is 12.3 Å². The number of amides is 1. The number of hydrogen-bond donors (Lipinski definition) is 1. The fraction of sp³-hybridized carbons (Fsp3) is 0.214. The van der Waals surface area contributed by atoms with Crippen LogP contribution in [0.25, 0.3) is 11.5 Å². The Morgan fingerprint density at radius 1 is 1.43 bits per heavy atom. The number of furan rings is 1. The lowest BCUT2D eigenvalue weighted by Gasteiger charge is -1.98. The SMILES string of the molecule is Cc1cc(C(=O)NCc2cc(-c3ccco3)n(C)n2)no1. The van der Waals surface area contributed by atoms with Gasteiger partial charge in [0.2, 0.25) is 0 Å². The third-order valence-electron chi connectivity index (χ3n) is 2.99. The van der Waals surface area contributed by atoms with Gasteiger partial charge in [-0.2, -0.15) is 5.10 Å². The van der Waals surface area contributed by atoms with Crippen molar-refractivity contribution in [3.05, 3.63) is 47.7 Å². The maximum atomic E-state index is 11.9. The zero-order chi connectivity index (χ0) is 14.8. The Labute approximate surface area is 120 Å². The molecule has 1 N–H and O–H groups in total. The average molecular weight is 286 g/mol. The molecular weight excluding hydrogens is 272 g/mol. The predicted octanol–water partition coefficient (Wildman–Crippen LogP) is 1.91. The van der Waals surface area contributed by atoms with Gasteiger partial charge in [-0.1, -0.05) is 5.16 Å². The molecule has 0 saturated heterocycles. The lowest BCUT2D eigenvalue weighted by Crippen LogP contribution is -2.23. The standard InChI is InChI=1S/C14H14N4O3/c1-9-6-11(17-21-9)14(19)15-8-10-7-12(18(2)16-10)13-4-3-5-20-13/h3-7H,8H2,1-2H3,(H,15,19). The van der Waals surface area contributed by atoms with Crippen molar-refractivity contribution in [3.8, 4) is 11.5 Å². The molecule has 0 atom stereocenters. The topological polar surface area (TPSA) is 86.1 Å². The molecule has 0 aliphatic rings. The Morgan fingerprint density at radius 2 is 2.29 bits per heavy atom. The van der Waals surface area contributed by atoms with Gasteiger partial charge in [-0.15, -0.1) is 0 Å². The maximum Gasteiger partial charge on any atom is 0.273 e. The van der Waals surface area contributed by atoms with E-state index in [9.17, 15) is 4.79 Å². The summed E-state index contributed by atoms with van der Waals surface area (Å²) in [6.07, 6.45) is 1.61. The molecule has 3 aromatic rings. The molecule has 0 saturated carbocycles. The van der Waals surface area contributed by atoms with E-state index in [4.69, 9.17) is 8.94 Å². The highest BCUT2D eigenvalue weighted by Gasteiger charge is 2.13. The Hall–Kier alpha value is -2.83. The molecule has 7 heteroatoms. The van der Waals surface area contributed by atoms with Crippen molar-refractivity contribution in [2.75, 3.05) is 0 Å². The second kappa shape index (κ2) is 5.28. The number of nitrogens with zero attached hydrogens (tertiary/aromatic N) is 3. The molecule has 0 bridgehead atoms. The van der Waals surface area contributed by atoms with Crippen LogP contribution < -0.4 is 5.32 Å². The van der Waals surface area contributed by atoms with Gasteiger partial charge >= 0.3 is 0 Å². The van der Waals surface area contributed by atoms with Crippen LogP contribution in [-0.2, 0) is 13.6 Å². The summed E-state index contributed by atoms with van der Waals surface area (Å²) in [5, 5.41) is 10.7. The van der Waals surface area contributed by atoms with E-state index >= 15 is 0 Å². The summed E-state index contributed by atoms with van der Waals surface area (Å²) in [6, 6.07) is 7.13. The van der Waals surface area contributed by atoms with Gasteiger partial charge in [-0.3, -0.25) is 9.48 Å². The summed E-state index contributed by atoms with van der Waals surface area (Å²) in [4.78, 5) is 11.9. The number of hydrogen-bond acceptors (Lipinski definition) is 5. The van der Waals surface area contributed by atoms with Gasteiger partial charge in [-0.05, 0) is 25.1 Å². The first-order chi connectivity index (χ1) is 10.1. The first-order valence-electron chi connectivity index (χ1n) is 6.42. The quantitative estimate of drug-likeness (QED) is 0.791. The van der Waals surface area contributed by atoms with Crippen LogP contribution in [-0.4, -0.2) is 20.8 Å². The van der Waals surface area contributed by atoms with Crippen LogP contribution in [0.15, 0.2) is 39.5 Å². The van der Waals surface area contributed by atoms with Gasteiger partial charge in [0.25, 0.3) is 5.91 Å². The van der Waals surface area contributed by atoms with E-state index < -0.39 is 0 Å². The van der Waals surface area contributed by atoms with E-state index in [1.165, 1.54) is 0 Å². The van der Waals surface area contributed by atoms with E-state index in [1.54, 1.807) is 23.9 Å². The van der Waals surface area contributed by atoms with Crippen molar-refractivity contribution in [1.82, 2.24) is 20.3 Å². The maximum absolute atomic E-state index is 11.9. The van der Waals surface area contributed by atoms with Crippen molar-refractivity contribution >= 4 is 5.91 Å². The van der Waals surface area contributed by atoms with Gasteiger partial charge < -0.3 is 14.3 Å². The normalized spacial score (nSPS) is 10.8. The lowest BCUT2D eigenvalue weighted by molar-refractivity contribution is 0.0941. The second-order valence-corrected chi connectivity index (χ2v) is 4.63. The van der Waals surface area contributed by atoms with Crippen LogP contribution in [0.4, 0.5) is 0 Å². The lowest BCUT2D eigenvalue weighted by atomic mass is 10.3. The van der Waals surface area contributed by atoms with E-state index in [1.807, 2.05) is 25.2 Å². The molecule has 1 amide bonds. The number of nitrogens with one attached hydrogen (secondary N) is 1. The Bertz CT molecular complexity index is 755. The Kier molecular flexibility index (Phi) is 3.31. The highest BCUT2D eigenvalue weighted by atomic mass is 16.5. The smallest absolute Gasteiger partial charge is 0.273 e. The van der Waals surface area contributed by atoms with Crippen LogP contribution in [0.3, 0.4) is 0 Å². The van der Waals surface area contributed by atoms with Crippen LogP contribution in [0.5, 0.6) is 0 Å². The predicted molar refractivity (Wildman–Crippen MR) is 73.3 cm³/mol. The largest absolute Gasteiger partial charge is 0.463 e. The number of carbonyl (C=O) groups excluding carboxylic acids is 1. The Morgan fingerprint density at radius 3 is 2.95 bits per heavy atom. The van der Waals surface area contributed by atoms with Crippen LogP contribution in [0.1, 0.15) is 21.9 Å². The minimum Gasteiger partial charge on any atom is -0.463 e. The molecule has 3 heterocycles. The summed E-state index contributed by atoms with van der Waals surface area (Å²) in [7, 11) is 1.82. The molecule has 0 unspecified atom stereocenters. The third-order valence-corrected chi connectivity index (χ3v) is 2.99. The molecule has 3 aromatic heterocycles. The van der Waals surface area contributed by atoms with Gasteiger partial charge in [0.05, 0.1) is 18.5 Å². The van der Waals surface area contributed by atoms with E-state index in [2.05, 4.69) is 15.6 Å². The van der Waals surface area contributed by atoms with Gasteiger partial charge in [0, 0.05) is 13.1 Å². The fourth-order valence-corrected chi connectivity index (χ4v) is 2.00. The summed E-state index contributed by atoms with van der Waals surface area (Å²) in [6.45, 7) is 2.04. The molecule has 0 fully saturated rings. The van der Waals surface area contributed by atoms with Crippen LogP contribution in [0.2, 0.25) is 0 Å². The molecule has 0 aliphatic heterocycles. The van der Waals surface area contributed by atoms with E-state index in [0.717, 1.165) is 17.1 Å². The van der Waals surface area contributed by atoms with Gasteiger partial charge in [0.1, 0.15) is 11.5 Å². The molecule has 0 spiro atoms. The highest BCUT2D eigenvalue weighted by Crippen LogP contribution is 2.20. The fourth-order valence-electron chi connectivity index (χ4n) is 2.00. The zero-order valence-corrected chi connectivity index (χ0v) is 11.7. The van der Waals surface area contributed by atoms with Crippen molar-refractivity contribution < 1.29 is 13.7 Å². The molecule has 3 rings (SSSR count). The summed E-state index contributed by atoms with van der Waals surface area (Å²) in [5.41, 5.74) is 1.84. The zero-order valence-electron chi connectivity index (χ0n) is 11.7. The third kappa shape index (κ3) is 2.71. The summed E-state index contributed by atoms with van der Waals surface area (Å²) in [5.74, 6) is 1.03. The molecule has 0 radical (unpaired) electrons. The molecule has 0 aliphatic carbocycles. The van der Waals surface area contributed by atoms with E-state index in [-0.39, 0.29) is 11.6 Å². The second-order valence-electron chi connectivity index (χ2n) is 4.63. The number of aryl methyl sites for hydroxylation is 2. The molecule has 7 nitrogen and oxygen atoms in total. The molecule has 21 heavy (non-hydrogen) atoms. The molecule has 0 aromatic carbocycles. The average Bonchev–Trinajstić information content (AvgIpc) is 3.16. The van der Waals surface area contributed by atoms with Crippen molar-refractivity contribution in [2.45, 2.75) is 13.5 Å². The Balaban J connectivity index is 1.69. The van der Waals surface area contributed by atoms with Gasteiger partial charge in [0.15, 0.2) is 11.5 Å². The number of rotatable bonds is 4. The summed E-state index contributed by atoms with van der Waals surface area (Å²) < 4.78 is 11.9. The number of aromatic nitrogens is 3.